The maximum Gasteiger partial charge on any atom is 0.299 e. The summed E-state index contributed by atoms with van der Waals surface area (Å²) in [6.45, 7) is 2.07. The molecule has 20 heavy (non-hydrogen) atoms. The van der Waals surface area contributed by atoms with Crippen LogP contribution in [0.25, 0.3) is 0 Å². The minimum Gasteiger partial charge on any atom is -0.495 e. The van der Waals surface area contributed by atoms with Crippen LogP contribution in [-0.2, 0) is 20.2 Å². The highest BCUT2D eigenvalue weighted by Gasteiger charge is 2.16. The lowest BCUT2D eigenvalue weighted by Crippen LogP contribution is -2.30. The highest BCUT2D eigenvalue weighted by molar-refractivity contribution is 7.90. The minimum atomic E-state index is -3.93. The Labute approximate surface area is 118 Å². The van der Waals surface area contributed by atoms with Gasteiger partial charge in [0.1, 0.15) is 5.75 Å². The Bertz CT molecular complexity index is 670. The van der Waals surface area contributed by atoms with E-state index in [9.17, 15) is 16.8 Å². The van der Waals surface area contributed by atoms with Crippen LogP contribution in [-0.4, -0.2) is 30.5 Å². The van der Waals surface area contributed by atoms with E-state index in [-0.39, 0.29) is 22.9 Å². The number of rotatable bonds is 7. The average molecular weight is 323 g/mol. The summed E-state index contributed by atoms with van der Waals surface area (Å²) >= 11 is 0. The van der Waals surface area contributed by atoms with Gasteiger partial charge in [-0.2, -0.15) is 13.1 Å². The molecule has 0 aliphatic carbocycles. The van der Waals surface area contributed by atoms with E-state index in [4.69, 9.17) is 9.88 Å². The van der Waals surface area contributed by atoms with Crippen LogP contribution < -0.4 is 19.3 Å². The van der Waals surface area contributed by atoms with Crippen molar-refractivity contribution in [2.24, 2.45) is 5.14 Å². The molecule has 0 aliphatic rings. The molecule has 0 saturated heterocycles. The number of ether oxygens (including phenoxy) is 1. The normalized spacial score (nSPS) is 12.2. The number of nitrogens with one attached hydrogen (secondary N) is 2. The van der Waals surface area contributed by atoms with Crippen LogP contribution >= 0.6 is 0 Å². The van der Waals surface area contributed by atoms with Crippen molar-refractivity contribution in [1.29, 1.82) is 0 Å². The number of anilines is 1. The summed E-state index contributed by atoms with van der Waals surface area (Å²) in [5, 5.41) is 5.00. The molecule has 0 aliphatic heterocycles. The van der Waals surface area contributed by atoms with Crippen molar-refractivity contribution in [2.45, 2.75) is 18.2 Å². The quantitative estimate of drug-likeness (QED) is 0.650. The number of sulfonamides is 1. The Hall–Kier alpha value is -1.36. The number of hydrogen-bond acceptors (Lipinski definition) is 5. The Morgan fingerprint density at radius 3 is 2.40 bits per heavy atom. The Balaban J connectivity index is 3.16. The van der Waals surface area contributed by atoms with E-state index in [2.05, 4.69) is 9.44 Å². The van der Waals surface area contributed by atoms with Crippen molar-refractivity contribution >= 4 is 25.9 Å². The molecular formula is C10H17N3O5S2. The smallest absolute Gasteiger partial charge is 0.299 e. The molecule has 1 rings (SSSR count). The standard InChI is InChI=1S/C10H17N3O5S2/c1-3-6-12-20(16,17)13-9-7-8(19(11,14)15)4-5-10(9)18-2/h4-5,7,12-13H,3,6H2,1-2H3,(H2,11,14,15). The van der Waals surface area contributed by atoms with Crippen LogP contribution in [0.1, 0.15) is 13.3 Å². The van der Waals surface area contributed by atoms with Crippen molar-refractivity contribution < 1.29 is 21.6 Å². The van der Waals surface area contributed by atoms with E-state index in [1.165, 1.54) is 19.2 Å². The monoisotopic (exact) mass is 323 g/mol. The first-order valence-corrected chi connectivity index (χ1v) is 8.71. The van der Waals surface area contributed by atoms with Crippen LogP contribution in [0.5, 0.6) is 5.75 Å². The molecule has 0 atom stereocenters. The van der Waals surface area contributed by atoms with Crippen molar-refractivity contribution in [2.75, 3.05) is 18.4 Å². The Morgan fingerprint density at radius 2 is 1.90 bits per heavy atom. The predicted molar refractivity (Wildman–Crippen MR) is 75.2 cm³/mol. The largest absolute Gasteiger partial charge is 0.495 e. The van der Waals surface area contributed by atoms with Crippen LogP contribution in [0.15, 0.2) is 23.1 Å². The predicted octanol–water partition coefficient (Wildman–Crippen LogP) is -0.00110. The van der Waals surface area contributed by atoms with Crippen molar-refractivity contribution in [3.05, 3.63) is 18.2 Å². The first kappa shape index (κ1) is 16.7. The molecule has 0 heterocycles. The topological polar surface area (TPSA) is 128 Å². The van der Waals surface area contributed by atoms with Gasteiger partial charge in [-0.3, -0.25) is 4.72 Å². The summed E-state index contributed by atoms with van der Waals surface area (Å²) in [7, 11) is -6.40. The molecule has 0 bridgehead atoms. The molecule has 4 N–H and O–H groups in total. The second-order valence-electron chi connectivity index (χ2n) is 3.91. The van der Waals surface area contributed by atoms with Crippen molar-refractivity contribution in [1.82, 2.24) is 4.72 Å². The number of primary sulfonamides is 1. The van der Waals surface area contributed by atoms with E-state index in [1.54, 1.807) is 0 Å². The lowest BCUT2D eigenvalue weighted by molar-refractivity contribution is 0.416. The second kappa shape index (κ2) is 6.39. The van der Waals surface area contributed by atoms with Gasteiger partial charge in [-0.15, -0.1) is 0 Å². The molecule has 0 amide bonds. The van der Waals surface area contributed by atoms with Gasteiger partial charge >= 0.3 is 0 Å². The van der Waals surface area contributed by atoms with Gasteiger partial charge in [0, 0.05) is 6.54 Å². The fourth-order valence-corrected chi connectivity index (χ4v) is 2.89. The number of nitrogens with two attached hydrogens (primary N) is 1. The lowest BCUT2D eigenvalue weighted by Gasteiger charge is -2.13. The van der Waals surface area contributed by atoms with E-state index in [1.807, 2.05) is 6.92 Å². The zero-order valence-electron chi connectivity index (χ0n) is 11.1. The van der Waals surface area contributed by atoms with Gasteiger partial charge in [-0.25, -0.2) is 13.6 Å². The highest BCUT2D eigenvalue weighted by atomic mass is 32.2. The van der Waals surface area contributed by atoms with Gasteiger partial charge in [0.2, 0.25) is 10.0 Å². The van der Waals surface area contributed by atoms with E-state index < -0.39 is 20.2 Å². The fraction of sp³-hybridized carbons (Fsp3) is 0.400. The first-order valence-electron chi connectivity index (χ1n) is 5.68. The summed E-state index contributed by atoms with van der Waals surface area (Å²) in [4.78, 5) is -0.216. The van der Waals surface area contributed by atoms with Gasteiger partial charge in [-0.05, 0) is 24.6 Å². The third kappa shape index (κ3) is 4.63. The van der Waals surface area contributed by atoms with Gasteiger partial charge in [0.25, 0.3) is 10.2 Å². The summed E-state index contributed by atoms with van der Waals surface area (Å²) in [6.07, 6.45) is 0.620. The number of benzene rings is 1. The van der Waals surface area contributed by atoms with Crippen LogP contribution in [0.4, 0.5) is 5.69 Å². The zero-order valence-corrected chi connectivity index (χ0v) is 12.7. The van der Waals surface area contributed by atoms with Gasteiger partial charge in [0.05, 0.1) is 17.7 Å². The van der Waals surface area contributed by atoms with Crippen LogP contribution in [0, 0.1) is 0 Å². The average Bonchev–Trinajstić information content (AvgIpc) is 2.35. The molecule has 10 heteroatoms. The maximum absolute atomic E-state index is 11.7. The molecule has 1 aromatic rings. The summed E-state index contributed by atoms with van der Waals surface area (Å²) in [6, 6.07) is 3.64. The fourth-order valence-electron chi connectivity index (χ4n) is 1.36. The van der Waals surface area contributed by atoms with E-state index in [0.29, 0.717) is 6.42 Å². The maximum atomic E-state index is 11.7. The molecule has 0 unspecified atom stereocenters. The van der Waals surface area contributed by atoms with Crippen LogP contribution in [0.2, 0.25) is 0 Å². The van der Waals surface area contributed by atoms with E-state index >= 15 is 0 Å². The van der Waals surface area contributed by atoms with E-state index in [0.717, 1.165) is 6.07 Å². The van der Waals surface area contributed by atoms with Crippen molar-refractivity contribution in [3.8, 4) is 5.75 Å². The Morgan fingerprint density at radius 1 is 1.25 bits per heavy atom. The van der Waals surface area contributed by atoms with Gasteiger partial charge < -0.3 is 4.74 Å². The SMILES string of the molecule is CCCNS(=O)(=O)Nc1cc(S(N)(=O)=O)ccc1OC. The summed E-state index contributed by atoms with van der Waals surface area (Å²) in [5.74, 6) is 0.180. The van der Waals surface area contributed by atoms with Gasteiger partial charge in [0.15, 0.2) is 0 Å². The molecule has 0 fully saturated rings. The molecule has 1 aromatic carbocycles. The van der Waals surface area contributed by atoms with Gasteiger partial charge in [-0.1, -0.05) is 6.92 Å². The van der Waals surface area contributed by atoms with Crippen molar-refractivity contribution in [3.63, 3.8) is 0 Å². The highest BCUT2D eigenvalue weighted by Crippen LogP contribution is 2.27. The minimum absolute atomic E-state index is 0.0115. The summed E-state index contributed by atoms with van der Waals surface area (Å²) in [5.41, 5.74) is -0.0115. The molecule has 0 radical (unpaired) electrons. The molecule has 0 saturated carbocycles. The Kier molecular flexibility index (Phi) is 5.34. The molecule has 0 aromatic heterocycles. The number of hydrogen-bond donors (Lipinski definition) is 3. The summed E-state index contributed by atoms with van der Waals surface area (Å²) < 4.78 is 55.5. The van der Waals surface area contributed by atoms with Crippen LogP contribution in [0.3, 0.4) is 0 Å². The third-order valence-electron chi connectivity index (χ3n) is 2.29. The first-order chi connectivity index (χ1) is 9.19. The molecular weight excluding hydrogens is 306 g/mol. The molecule has 0 spiro atoms. The third-order valence-corrected chi connectivity index (χ3v) is 4.27. The number of methoxy groups -OCH3 is 1. The molecule has 114 valence electrons. The lowest BCUT2D eigenvalue weighted by atomic mass is 10.3. The molecule has 8 nitrogen and oxygen atoms in total. The second-order valence-corrected chi connectivity index (χ2v) is 6.97. The zero-order chi connectivity index (χ0) is 15.4.